The fraction of sp³-hybridized carbons (Fsp3) is 0.462. The highest BCUT2D eigenvalue weighted by molar-refractivity contribution is 5.77. The van der Waals surface area contributed by atoms with Crippen LogP contribution in [-0.4, -0.2) is 25.7 Å². The number of rotatable bonds is 6. The zero-order valence-electron chi connectivity index (χ0n) is 11.2. The predicted octanol–water partition coefficient (Wildman–Crippen LogP) is 2.40. The zero-order chi connectivity index (χ0) is 15.0. The lowest BCUT2D eigenvalue weighted by Crippen LogP contribution is -2.34. The number of nitrogens with zero attached hydrogens (tertiary/aromatic N) is 1. The summed E-state index contributed by atoms with van der Waals surface area (Å²) in [5.74, 6) is 0.715. The van der Waals surface area contributed by atoms with E-state index in [1.54, 1.807) is 0 Å². The van der Waals surface area contributed by atoms with Crippen molar-refractivity contribution in [2.45, 2.75) is 19.5 Å². The minimum atomic E-state index is -4.33. The molecule has 7 heteroatoms. The Balaban J connectivity index is 2.32. The van der Waals surface area contributed by atoms with Gasteiger partial charge in [0.15, 0.2) is 5.96 Å². The van der Waals surface area contributed by atoms with E-state index in [-0.39, 0.29) is 6.61 Å². The molecule has 3 N–H and O–H groups in total. The van der Waals surface area contributed by atoms with Crippen LogP contribution in [0.3, 0.4) is 0 Å². The van der Waals surface area contributed by atoms with Gasteiger partial charge < -0.3 is 15.8 Å². The average Bonchev–Trinajstić information content (AvgIpc) is 2.41. The fourth-order valence-electron chi connectivity index (χ4n) is 1.38. The van der Waals surface area contributed by atoms with Gasteiger partial charge in [-0.25, -0.2) is 0 Å². The third-order valence-corrected chi connectivity index (χ3v) is 2.36. The van der Waals surface area contributed by atoms with Gasteiger partial charge in [-0.1, -0.05) is 6.92 Å². The van der Waals surface area contributed by atoms with Gasteiger partial charge in [-0.15, -0.1) is 0 Å². The van der Waals surface area contributed by atoms with Gasteiger partial charge in [0.1, 0.15) is 12.4 Å². The Labute approximate surface area is 115 Å². The van der Waals surface area contributed by atoms with E-state index >= 15 is 0 Å². The SMILES string of the molecule is CCCN=C(N)NCCOc1ccc(C(F)(F)F)cc1. The lowest BCUT2D eigenvalue weighted by Gasteiger charge is -2.10. The number of hydrogen-bond donors (Lipinski definition) is 2. The maximum absolute atomic E-state index is 12.3. The third kappa shape index (κ3) is 5.81. The summed E-state index contributed by atoms with van der Waals surface area (Å²) >= 11 is 0. The predicted molar refractivity (Wildman–Crippen MR) is 71.7 cm³/mol. The van der Waals surface area contributed by atoms with Crippen LogP contribution in [0.4, 0.5) is 13.2 Å². The zero-order valence-corrected chi connectivity index (χ0v) is 11.2. The van der Waals surface area contributed by atoms with E-state index in [4.69, 9.17) is 10.5 Å². The largest absolute Gasteiger partial charge is 0.492 e. The Hall–Kier alpha value is -1.92. The molecule has 1 aromatic rings. The van der Waals surface area contributed by atoms with Crippen molar-refractivity contribution in [3.63, 3.8) is 0 Å². The molecule has 0 fully saturated rings. The van der Waals surface area contributed by atoms with Gasteiger partial charge in [0.2, 0.25) is 0 Å². The number of halogens is 3. The molecule has 0 aliphatic rings. The molecule has 4 nitrogen and oxygen atoms in total. The Bertz CT molecular complexity index is 429. The van der Waals surface area contributed by atoms with Crippen LogP contribution in [0.25, 0.3) is 0 Å². The summed E-state index contributed by atoms with van der Waals surface area (Å²) in [5, 5.41) is 2.85. The quantitative estimate of drug-likeness (QED) is 0.480. The van der Waals surface area contributed by atoms with Crippen molar-refractivity contribution >= 4 is 5.96 Å². The monoisotopic (exact) mass is 289 g/mol. The molecule has 20 heavy (non-hydrogen) atoms. The highest BCUT2D eigenvalue weighted by atomic mass is 19.4. The topological polar surface area (TPSA) is 59.6 Å². The van der Waals surface area contributed by atoms with Crippen LogP contribution in [0.1, 0.15) is 18.9 Å². The first-order valence-electron chi connectivity index (χ1n) is 6.27. The molecule has 0 aliphatic heterocycles. The maximum atomic E-state index is 12.3. The molecule has 0 aliphatic carbocycles. The van der Waals surface area contributed by atoms with E-state index in [1.165, 1.54) is 12.1 Å². The second kappa shape index (κ2) is 7.62. The maximum Gasteiger partial charge on any atom is 0.416 e. The van der Waals surface area contributed by atoms with Crippen LogP contribution in [0.2, 0.25) is 0 Å². The van der Waals surface area contributed by atoms with Crippen LogP contribution >= 0.6 is 0 Å². The van der Waals surface area contributed by atoms with Crippen molar-refractivity contribution in [3.05, 3.63) is 29.8 Å². The molecule has 0 saturated heterocycles. The molecule has 0 amide bonds. The molecule has 112 valence electrons. The smallest absolute Gasteiger partial charge is 0.416 e. The Morgan fingerprint density at radius 3 is 2.50 bits per heavy atom. The molecule has 0 bridgehead atoms. The lowest BCUT2D eigenvalue weighted by atomic mass is 10.2. The highest BCUT2D eigenvalue weighted by Crippen LogP contribution is 2.30. The second-order valence-electron chi connectivity index (χ2n) is 4.06. The Morgan fingerprint density at radius 2 is 1.95 bits per heavy atom. The first-order chi connectivity index (χ1) is 9.43. The normalized spacial score (nSPS) is 12.3. The highest BCUT2D eigenvalue weighted by Gasteiger charge is 2.29. The van der Waals surface area contributed by atoms with E-state index in [0.29, 0.717) is 24.8 Å². The minimum Gasteiger partial charge on any atom is -0.492 e. The van der Waals surface area contributed by atoms with Crippen molar-refractivity contribution < 1.29 is 17.9 Å². The summed E-state index contributed by atoms with van der Waals surface area (Å²) in [6.07, 6.45) is -3.42. The molecule has 0 saturated carbocycles. The summed E-state index contributed by atoms with van der Waals surface area (Å²) in [5.41, 5.74) is 4.87. The Kier molecular flexibility index (Phi) is 6.14. The molecule has 0 spiro atoms. The van der Waals surface area contributed by atoms with Gasteiger partial charge in [0.05, 0.1) is 12.1 Å². The van der Waals surface area contributed by atoms with E-state index in [0.717, 1.165) is 18.6 Å². The van der Waals surface area contributed by atoms with Gasteiger partial charge in [-0.3, -0.25) is 4.99 Å². The lowest BCUT2D eigenvalue weighted by molar-refractivity contribution is -0.137. The van der Waals surface area contributed by atoms with E-state index < -0.39 is 11.7 Å². The second-order valence-corrected chi connectivity index (χ2v) is 4.06. The molecule has 1 rings (SSSR count). The fourth-order valence-corrected chi connectivity index (χ4v) is 1.38. The van der Waals surface area contributed by atoms with Crippen LogP contribution in [0, 0.1) is 0 Å². The van der Waals surface area contributed by atoms with Crippen molar-refractivity contribution in [1.82, 2.24) is 5.32 Å². The summed E-state index contributed by atoms with van der Waals surface area (Å²) in [4.78, 5) is 4.03. The van der Waals surface area contributed by atoms with Crippen LogP contribution in [0.15, 0.2) is 29.3 Å². The molecule has 0 heterocycles. The van der Waals surface area contributed by atoms with Gasteiger partial charge in [-0.2, -0.15) is 13.2 Å². The first kappa shape index (κ1) is 16.1. The van der Waals surface area contributed by atoms with Crippen molar-refractivity contribution in [2.24, 2.45) is 10.7 Å². The van der Waals surface area contributed by atoms with E-state index in [9.17, 15) is 13.2 Å². The minimum absolute atomic E-state index is 0.285. The molecule has 0 aromatic heterocycles. The van der Waals surface area contributed by atoms with Crippen LogP contribution < -0.4 is 15.8 Å². The number of alkyl halides is 3. The van der Waals surface area contributed by atoms with Gasteiger partial charge in [-0.05, 0) is 30.7 Å². The van der Waals surface area contributed by atoms with E-state index in [1.807, 2.05) is 6.92 Å². The number of nitrogens with one attached hydrogen (secondary N) is 1. The molecular formula is C13H18F3N3O. The number of hydrogen-bond acceptors (Lipinski definition) is 2. The molecule has 0 unspecified atom stereocenters. The molecule has 0 atom stereocenters. The van der Waals surface area contributed by atoms with Crippen molar-refractivity contribution in [2.75, 3.05) is 19.7 Å². The third-order valence-electron chi connectivity index (χ3n) is 2.36. The summed E-state index contributed by atoms with van der Waals surface area (Å²) in [7, 11) is 0. The first-order valence-corrected chi connectivity index (χ1v) is 6.27. The van der Waals surface area contributed by atoms with Crippen LogP contribution in [-0.2, 0) is 6.18 Å². The van der Waals surface area contributed by atoms with Crippen molar-refractivity contribution in [1.29, 1.82) is 0 Å². The summed E-state index contributed by atoms with van der Waals surface area (Å²) < 4.78 is 42.3. The Morgan fingerprint density at radius 1 is 1.30 bits per heavy atom. The number of aliphatic imine (C=N–C) groups is 1. The number of benzene rings is 1. The van der Waals surface area contributed by atoms with Gasteiger partial charge >= 0.3 is 6.18 Å². The van der Waals surface area contributed by atoms with Crippen LogP contribution in [0.5, 0.6) is 5.75 Å². The average molecular weight is 289 g/mol. The molecule has 1 aromatic carbocycles. The standard InChI is InChI=1S/C13H18F3N3O/c1-2-7-18-12(17)19-8-9-20-11-5-3-10(4-6-11)13(14,15)16/h3-6H,2,7-9H2,1H3,(H3,17,18,19). The number of nitrogens with two attached hydrogens (primary N) is 1. The number of ether oxygens (including phenoxy) is 1. The number of guanidine groups is 1. The van der Waals surface area contributed by atoms with Gasteiger partial charge in [0, 0.05) is 6.54 Å². The molecular weight excluding hydrogens is 271 g/mol. The molecule has 0 radical (unpaired) electrons. The summed E-state index contributed by atoms with van der Waals surface area (Å²) in [6.45, 7) is 3.36. The van der Waals surface area contributed by atoms with E-state index in [2.05, 4.69) is 10.3 Å². The van der Waals surface area contributed by atoms with Gasteiger partial charge in [0.25, 0.3) is 0 Å². The van der Waals surface area contributed by atoms with Crippen molar-refractivity contribution in [3.8, 4) is 5.75 Å². The summed E-state index contributed by atoms with van der Waals surface area (Å²) in [6, 6.07) is 4.55.